The molecule has 1 aliphatic heterocycles. The van der Waals surface area contributed by atoms with Crippen molar-refractivity contribution < 1.29 is 14.3 Å². The molecule has 1 heterocycles. The molecule has 0 aliphatic carbocycles. The Kier molecular flexibility index (Phi) is 7.45. The lowest BCUT2D eigenvalue weighted by atomic mass is 10.1. The quantitative estimate of drug-likeness (QED) is 0.340. The van der Waals surface area contributed by atoms with Crippen molar-refractivity contribution in [1.82, 2.24) is 4.90 Å². The van der Waals surface area contributed by atoms with Gasteiger partial charge in [-0.15, -0.1) is 0 Å². The van der Waals surface area contributed by atoms with Crippen LogP contribution in [0.3, 0.4) is 0 Å². The molecule has 0 saturated carbocycles. The molecule has 0 bridgehead atoms. The van der Waals surface area contributed by atoms with Gasteiger partial charge in [-0.1, -0.05) is 78.6 Å². The van der Waals surface area contributed by atoms with Gasteiger partial charge < -0.3 is 10.1 Å². The van der Waals surface area contributed by atoms with Crippen LogP contribution in [0, 0.1) is 13.8 Å². The zero-order chi connectivity index (χ0) is 24.1. The van der Waals surface area contributed by atoms with Crippen LogP contribution in [0.2, 0.25) is 0 Å². The molecule has 1 N–H and O–H groups in total. The van der Waals surface area contributed by atoms with E-state index in [1.807, 2.05) is 80.6 Å². The van der Waals surface area contributed by atoms with Crippen molar-refractivity contribution >= 4 is 51.9 Å². The Bertz CT molecular complexity index is 1250. The van der Waals surface area contributed by atoms with Crippen LogP contribution < -0.4 is 10.1 Å². The Morgan fingerprint density at radius 1 is 1.03 bits per heavy atom. The summed E-state index contributed by atoms with van der Waals surface area (Å²) < 4.78 is 6.32. The normalized spacial score (nSPS) is 14.5. The van der Waals surface area contributed by atoms with Crippen LogP contribution in [0.4, 0.5) is 5.69 Å². The zero-order valence-electron chi connectivity index (χ0n) is 18.9. The monoisotopic (exact) mass is 488 g/mol. The third-order valence-corrected chi connectivity index (χ3v) is 6.50. The fraction of sp³-hybridized carbons (Fsp3) is 0.148. The summed E-state index contributed by atoms with van der Waals surface area (Å²) >= 11 is 6.72. The standard InChI is InChI=1S/C27H24N2O3S2/c1-18-12-19(2)14-22(13-18)28-25(30)17-32-23-11-7-6-10-21(23)15-24-26(31)29(27(33)34-24)16-20-8-4-3-5-9-20/h3-15H,16-17H2,1-2H3,(H,28,30). The van der Waals surface area contributed by atoms with Crippen LogP contribution in [0.1, 0.15) is 22.3 Å². The summed E-state index contributed by atoms with van der Waals surface area (Å²) in [6, 6.07) is 22.9. The van der Waals surface area contributed by atoms with Crippen molar-refractivity contribution in [3.8, 4) is 5.75 Å². The Balaban J connectivity index is 1.44. The minimum absolute atomic E-state index is 0.138. The number of aryl methyl sites for hydroxylation is 2. The van der Waals surface area contributed by atoms with Crippen LogP contribution in [-0.4, -0.2) is 27.6 Å². The molecule has 0 atom stereocenters. The first kappa shape index (κ1) is 23.7. The molecule has 1 saturated heterocycles. The lowest BCUT2D eigenvalue weighted by molar-refractivity contribution is -0.122. The first-order chi connectivity index (χ1) is 16.4. The number of amides is 2. The van der Waals surface area contributed by atoms with Crippen molar-refractivity contribution in [2.75, 3.05) is 11.9 Å². The third-order valence-electron chi connectivity index (χ3n) is 5.13. The Hall–Kier alpha value is -3.42. The number of carbonyl (C=O) groups is 2. The smallest absolute Gasteiger partial charge is 0.266 e. The van der Waals surface area contributed by atoms with E-state index in [2.05, 4.69) is 5.32 Å². The second-order valence-electron chi connectivity index (χ2n) is 8.00. The molecular formula is C27H24N2O3S2. The van der Waals surface area contributed by atoms with Crippen molar-refractivity contribution in [3.05, 3.63) is 100.0 Å². The number of hydrogen-bond acceptors (Lipinski definition) is 5. The van der Waals surface area contributed by atoms with E-state index in [1.165, 1.54) is 11.8 Å². The molecule has 34 heavy (non-hydrogen) atoms. The topological polar surface area (TPSA) is 58.6 Å². The number of ether oxygens (including phenoxy) is 1. The average Bonchev–Trinajstić information content (AvgIpc) is 3.06. The highest BCUT2D eigenvalue weighted by atomic mass is 32.2. The minimum atomic E-state index is -0.256. The average molecular weight is 489 g/mol. The number of anilines is 1. The van der Waals surface area contributed by atoms with Gasteiger partial charge in [-0.25, -0.2) is 0 Å². The molecule has 172 valence electrons. The van der Waals surface area contributed by atoms with E-state index < -0.39 is 0 Å². The molecule has 1 fully saturated rings. The van der Waals surface area contributed by atoms with Crippen molar-refractivity contribution in [1.29, 1.82) is 0 Å². The molecule has 2 amide bonds. The molecule has 0 spiro atoms. The zero-order valence-corrected chi connectivity index (χ0v) is 20.5. The molecule has 5 nitrogen and oxygen atoms in total. The van der Waals surface area contributed by atoms with Gasteiger partial charge >= 0.3 is 0 Å². The summed E-state index contributed by atoms with van der Waals surface area (Å²) in [5.74, 6) is 0.126. The highest BCUT2D eigenvalue weighted by Gasteiger charge is 2.32. The van der Waals surface area contributed by atoms with E-state index in [-0.39, 0.29) is 18.4 Å². The number of rotatable bonds is 7. The predicted molar refractivity (Wildman–Crippen MR) is 142 cm³/mol. The molecule has 1 aliphatic rings. The van der Waals surface area contributed by atoms with E-state index in [1.54, 1.807) is 17.0 Å². The first-order valence-electron chi connectivity index (χ1n) is 10.8. The van der Waals surface area contributed by atoms with Crippen LogP contribution in [-0.2, 0) is 16.1 Å². The number of nitrogens with one attached hydrogen (secondary N) is 1. The summed E-state index contributed by atoms with van der Waals surface area (Å²) in [5.41, 5.74) is 4.61. The summed E-state index contributed by atoms with van der Waals surface area (Å²) in [4.78, 5) is 27.6. The van der Waals surface area contributed by atoms with Gasteiger partial charge in [0.1, 0.15) is 10.1 Å². The van der Waals surface area contributed by atoms with Gasteiger partial charge in [-0.3, -0.25) is 14.5 Å². The highest BCUT2D eigenvalue weighted by molar-refractivity contribution is 8.26. The highest BCUT2D eigenvalue weighted by Crippen LogP contribution is 2.35. The van der Waals surface area contributed by atoms with Gasteiger partial charge in [0.25, 0.3) is 11.8 Å². The second-order valence-corrected chi connectivity index (χ2v) is 9.68. The van der Waals surface area contributed by atoms with Crippen molar-refractivity contribution in [2.45, 2.75) is 20.4 Å². The molecule has 4 rings (SSSR count). The van der Waals surface area contributed by atoms with E-state index in [0.717, 1.165) is 22.4 Å². The van der Waals surface area contributed by atoms with E-state index in [9.17, 15) is 9.59 Å². The van der Waals surface area contributed by atoms with Gasteiger partial charge in [-0.05, 0) is 54.8 Å². The van der Waals surface area contributed by atoms with Gasteiger partial charge in [-0.2, -0.15) is 0 Å². The van der Waals surface area contributed by atoms with E-state index in [0.29, 0.717) is 27.1 Å². The number of benzene rings is 3. The SMILES string of the molecule is Cc1cc(C)cc(NC(=O)COc2ccccc2C=C2SC(=S)N(Cc3ccccc3)C2=O)c1. The third kappa shape index (κ3) is 5.92. The number of nitrogens with zero attached hydrogens (tertiary/aromatic N) is 1. The molecule has 0 aromatic heterocycles. The van der Waals surface area contributed by atoms with Gasteiger partial charge in [0.05, 0.1) is 11.4 Å². The molecule has 3 aromatic rings. The van der Waals surface area contributed by atoms with Gasteiger partial charge in [0, 0.05) is 11.3 Å². The van der Waals surface area contributed by atoms with Crippen molar-refractivity contribution in [3.63, 3.8) is 0 Å². The van der Waals surface area contributed by atoms with Crippen LogP contribution in [0.15, 0.2) is 77.7 Å². The summed E-state index contributed by atoms with van der Waals surface area (Å²) in [6.07, 6.45) is 1.77. The number of thioether (sulfide) groups is 1. The van der Waals surface area contributed by atoms with Gasteiger partial charge in [0.15, 0.2) is 6.61 Å². The number of hydrogen-bond donors (Lipinski definition) is 1. The number of carbonyl (C=O) groups excluding carboxylic acids is 2. The second kappa shape index (κ2) is 10.7. The van der Waals surface area contributed by atoms with E-state index >= 15 is 0 Å². The van der Waals surface area contributed by atoms with Crippen LogP contribution >= 0.6 is 24.0 Å². The first-order valence-corrected chi connectivity index (χ1v) is 12.0. The fourth-order valence-electron chi connectivity index (χ4n) is 3.66. The Morgan fingerprint density at radius 3 is 2.44 bits per heavy atom. The summed E-state index contributed by atoms with van der Waals surface area (Å²) in [6.45, 7) is 4.25. The largest absolute Gasteiger partial charge is 0.483 e. The van der Waals surface area contributed by atoms with Gasteiger partial charge in [0.2, 0.25) is 0 Å². The van der Waals surface area contributed by atoms with Crippen LogP contribution in [0.5, 0.6) is 5.75 Å². The lowest BCUT2D eigenvalue weighted by Crippen LogP contribution is -2.27. The fourth-order valence-corrected chi connectivity index (χ4v) is 4.91. The summed E-state index contributed by atoms with van der Waals surface area (Å²) in [5, 5.41) is 2.87. The predicted octanol–water partition coefficient (Wildman–Crippen LogP) is 5.72. The van der Waals surface area contributed by atoms with E-state index in [4.69, 9.17) is 17.0 Å². The van der Waals surface area contributed by atoms with Crippen molar-refractivity contribution in [2.24, 2.45) is 0 Å². The lowest BCUT2D eigenvalue weighted by Gasteiger charge is -2.14. The van der Waals surface area contributed by atoms with Crippen LogP contribution in [0.25, 0.3) is 6.08 Å². The number of para-hydroxylation sites is 1. The maximum absolute atomic E-state index is 13.0. The Labute approximate surface area is 208 Å². The Morgan fingerprint density at radius 2 is 1.71 bits per heavy atom. The molecule has 7 heteroatoms. The maximum atomic E-state index is 13.0. The molecule has 0 radical (unpaired) electrons. The summed E-state index contributed by atoms with van der Waals surface area (Å²) in [7, 11) is 0. The molecular weight excluding hydrogens is 464 g/mol. The minimum Gasteiger partial charge on any atom is -0.483 e. The molecule has 0 unspecified atom stereocenters. The maximum Gasteiger partial charge on any atom is 0.266 e. The number of thiocarbonyl (C=S) groups is 1. The molecule has 3 aromatic carbocycles.